The summed E-state index contributed by atoms with van der Waals surface area (Å²) < 4.78 is 5.08. The third kappa shape index (κ3) is 2.98. The van der Waals surface area contributed by atoms with Crippen LogP contribution in [-0.2, 0) is 6.42 Å². The molecule has 0 fully saturated rings. The topological polar surface area (TPSA) is 55.1 Å². The van der Waals surface area contributed by atoms with Crippen molar-refractivity contribution in [3.05, 3.63) is 41.3 Å². The Labute approximate surface area is 116 Å². The molecule has 2 rings (SSSR count). The highest BCUT2D eigenvalue weighted by atomic mass is 32.2. The van der Waals surface area contributed by atoms with Gasteiger partial charge in [-0.15, -0.1) is 11.8 Å². The van der Waals surface area contributed by atoms with E-state index in [1.165, 1.54) is 0 Å². The van der Waals surface area contributed by atoms with E-state index in [-0.39, 0.29) is 5.91 Å². The Morgan fingerprint density at radius 3 is 2.95 bits per heavy atom. The molecule has 5 heteroatoms. The van der Waals surface area contributed by atoms with Crippen LogP contribution in [0.4, 0.5) is 5.69 Å². The number of nitrogens with zero attached hydrogens (tertiary/aromatic N) is 1. The van der Waals surface area contributed by atoms with Crippen molar-refractivity contribution >= 4 is 23.4 Å². The lowest BCUT2D eigenvalue weighted by atomic mass is 10.1. The number of carbonyl (C=O) groups excluding carboxylic acids is 1. The van der Waals surface area contributed by atoms with Crippen LogP contribution in [0.5, 0.6) is 0 Å². The predicted molar refractivity (Wildman–Crippen MR) is 76.8 cm³/mol. The smallest absolute Gasteiger partial charge is 0.261 e. The highest BCUT2D eigenvalue weighted by Gasteiger charge is 2.19. The van der Waals surface area contributed by atoms with Crippen LogP contribution >= 0.6 is 11.8 Å². The minimum atomic E-state index is -0.172. The monoisotopic (exact) mass is 276 g/mol. The molecule has 2 aromatic rings. The van der Waals surface area contributed by atoms with Crippen LogP contribution in [0.15, 0.2) is 33.7 Å². The number of hydrogen-bond acceptors (Lipinski definition) is 4. The van der Waals surface area contributed by atoms with E-state index in [2.05, 4.69) is 10.5 Å². The first-order chi connectivity index (χ1) is 9.15. The third-order valence-corrected chi connectivity index (χ3v) is 3.55. The fraction of sp³-hybridized carbons (Fsp3) is 0.286. The lowest BCUT2D eigenvalue weighted by molar-refractivity contribution is 0.102. The van der Waals surface area contributed by atoms with E-state index in [0.29, 0.717) is 23.4 Å². The molecule has 0 bridgehead atoms. The Hall–Kier alpha value is -1.75. The highest BCUT2D eigenvalue weighted by molar-refractivity contribution is 7.98. The molecule has 0 aliphatic carbocycles. The molecule has 4 nitrogen and oxygen atoms in total. The summed E-state index contributed by atoms with van der Waals surface area (Å²) in [6.45, 7) is 3.70. The number of rotatable bonds is 4. The first kappa shape index (κ1) is 13.7. The zero-order valence-corrected chi connectivity index (χ0v) is 12.0. The molecular formula is C14H16N2O2S. The molecule has 0 saturated carbocycles. The SMILES string of the molecule is CCc1noc(C)c1C(=O)Nc1cccc(SC)c1. The maximum absolute atomic E-state index is 12.3. The molecule has 0 unspecified atom stereocenters. The molecule has 100 valence electrons. The van der Waals surface area contributed by atoms with Crippen molar-refractivity contribution in [3.63, 3.8) is 0 Å². The van der Waals surface area contributed by atoms with E-state index in [9.17, 15) is 4.79 Å². The van der Waals surface area contributed by atoms with Crippen LogP contribution in [0.2, 0.25) is 0 Å². The average Bonchev–Trinajstić information content (AvgIpc) is 2.80. The summed E-state index contributed by atoms with van der Waals surface area (Å²) in [6.07, 6.45) is 2.67. The van der Waals surface area contributed by atoms with E-state index in [0.717, 1.165) is 10.6 Å². The Kier molecular flexibility index (Phi) is 4.27. The van der Waals surface area contributed by atoms with E-state index in [1.54, 1.807) is 18.7 Å². The van der Waals surface area contributed by atoms with Gasteiger partial charge >= 0.3 is 0 Å². The summed E-state index contributed by atoms with van der Waals surface area (Å²) in [7, 11) is 0. The minimum Gasteiger partial charge on any atom is -0.361 e. The first-order valence-electron chi connectivity index (χ1n) is 6.06. The Balaban J connectivity index is 2.23. The van der Waals surface area contributed by atoms with Gasteiger partial charge in [-0.2, -0.15) is 0 Å². The summed E-state index contributed by atoms with van der Waals surface area (Å²) in [5.41, 5.74) is 2.01. The third-order valence-electron chi connectivity index (χ3n) is 2.82. The number of benzene rings is 1. The zero-order chi connectivity index (χ0) is 13.8. The molecule has 1 N–H and O–H groups in total. The van der Waals surface area contributed by atoms with Gasteiger partial charge < -0.3 is 9.84 Å². The molecule has 1 heterocycles. The van der Waals surface area contributed by atoms with Crippen molar-refractivity contribution < 1.29 is 9.32 Å². The number of nitrogens with one attached hydrogen (secondary N) is 1. The van der Waals surface area contributed by atoms with Crippen molar-refractivity contribution in [3.8, 4) is 0 Å². The van der Waals surface area contributed by atoms with Gasteiger partial charge in [0.1, 0.15) is 11.3 Å². The van der Waals surface area contributed by atoms with Gasteiger partial charge in [0.2, 0.25) is 0 Å². The van der Waals surface area contributed by atoms with Crippen molar-refractivity contribution in [2.24, 2.45) is 0 Å². The zero-order valence-electron chi connectivity index (χ0n) is 11.2. The number of aryl methyl sites for hydroxylation is 2. The van der Waals surface area contributed by atoms with Gasteiger partial charge in [-0.05, 0) is 37.8 Å². The molecule has 0 spiro atoms. The molecule has 0 aliphatic heterocycles. The quantitative estimate of drug-likeness (QED) is 0.868. The van der Waals surface area contributed by atoms with E-state index in [1.807, 2.05) is 37.4 Å². The van der Waals surface area contributed by atoms with Crippen LogP contribution in [0.3, 0.4) is 0 Å². The second-order valence-corrected chi connectivity index (χ2v) is 4.98. The van der Waals surface area contributed by atoms with Gasteiger partial charge in [-0.3, -0.25) is 4.79 Å². The normalized spacial score (nSPS) is 10.5. The van der Waals surface area contributed by atoms with Gasteiger partial charge in [0, 0.05) is 10.6 Å². The number of carbonyl (C=O) groups is 1. The maximum Gasteiger partial charge on any atom is 0.261 e. The lowest BCUT2D eigenvalue weighted by Crippen LogP contribution is -2.14. The van der Waals surface area contributed by atoms with Crippen molar-refractivity contribution in [1.29, 1.82) is 0 Å². The molecule has 1 amide bonds. The summed E-state index contributed by atoms with van der Waals surface area (Å²) in [5.74, 6) is 0.379. The first-order valence-corrected chi connectivity index (χ1v) is 7.28. The van der Waals surface area contributed by atoms with Crippen molar-refractivity contribution in [1.82, 2.24) is 5.16 Å². The number of amides is 1. The van der Waals surface area contributed by atoms with Crippen LogP contribution in [0, 0.1) is 6.92 Å². The second kappa shape index (κ2) is 5.93. The number of thioether (sulfide) groups is 1. The van der Waals surface area contributed by atoms with Gasteiger partial charge in [-0.1, -0.05) is 18.1 Å². The van der Waals surface area contributed by atoms with E-state index >= 15 is 0 Å². The van der Waals surface area contributed by atoms with Gasteiger partial charge in [0.15, 0.2) is 0 Å². The predicted octanol–water partition coefficient (Wildman–Crippen LogP) is 3.52. The minimum absolute atomic E-state index is 0.172. The fourth-order valence-corrected chi connectivity index (χ4v) is 2.30. The molecule has 1 aromatic heterocycles. The van der Waals surface area contributed by atoms with Crippen LogP contribution in [0.25, 0.3) is 0 Å². The Morgan fingerprint density at radius 2 is 2.26 bits per heavy atom. The highest BCUT2D eigenvalue weighted by Crippen LogP contribution is 2.21. The second-order valence-electron chi connectivity index (χ2n) is 4.10. The fourth-order valence-electron chi connectivity index (χ4n) is 1.84. The number of anilines is 1. The Bertz CT molecular complexity index is 593. The van der Waals surface area contributed by atoms with Gasteiger partial charge in [-0.25, -0.2) is 0 Å². The van der Waals surface area contributed by atoms with Gasteiger partial charge in [0.25, 0.3) is 5.91 Å². The van der Waals surface area contributed by atoms with Crippen molar-refractivity contribution in [2.75, 3.05) is 11.6 Å². The van der Waals surface area contributed by atoms with Gasteiger partial charge in [0.05, 0.1) is 5.69 Å². The molecular weight excluding hydrogens is 260 g/mol. The molecule has 0 atom stereocenters. The number of hydrogen-bond donors (Lipinski definition) is 1. The number of aromatic nitrogens is 1. The van der Waals surface area contributed by atoms with E-state index in [4.69, 9.17) is 4.52 Å². The lowest BCUT2D eigenvalue weighted by Gasteiger charge is -2.06. The summed E-state index contributed by atoms with van der Waals surface area (Å²) in [4.78, 5) is 13.4. The largest absolute Gasteiger partial charge is 0.361 e. The molecule has 0 aliphatic rings. The Morgan fingerprint density at radius 1 is 1.47 bits per heavy atom. The standard InChI is InChI=1S/C14H16N2O2S/c1-4-12-13(9(2)18-16-12)14(17)15-10-6-5-7-11(8-10)19-3/h5-8H,4H2,1-3H3,(H,15,17). The summed E-state index contributed by atoms with van der Waals surface area (Å²) >= 11 is 1.64. The van der Waals surface area contributed by atoms with E-state index < -0.39 is 0 Å². The van der Waals surface area contributed by atoms with Crippen LogP contribution in [0.1, 0.15) is 28.7 Å². The van der Waals surface area contributed by atoms with Crippen LogP contribution < -0.4 is 5.32 Å². The maximum atomic E-state index is 12.3. The molecule has 19 heavy (non-hydrogen) atoms. The van der Waals surface area contributed by atoms with Crippen LogP contribution in [-0.4, -0.2) is 17.3 Å². The molecule has 1 aromatic carbocycles. The van der Waals surface area contributed by atoms with Crippen molar-refractivity contribution in [2.45, 2.75) is 25.2 Å². The summed E-state index contributed by atoms with van der Waals surface area (Å²) in [5, 5.41) is 6.77. The molecule has 0 radical (unpaired) electrons. The summed E-state index contributed by atoms with van der Waals surface area (Å²) in [6, 6.07) is 7.73. The molecule has 0 saturated heterocycles. The average molecular weight is 276 g/mol.